The third kappa shape index (κ3) is 7.27. The summed E-state index contributed by atoms with van der Waals surface area (Å²) < 4.78 is 38.5. The number of amides is 1. The van der Waals surface area contributed by atoms with E-state index in [2.05, 4.69) is 15.4 Å². The molecule has 0 aliphatic rings. The highest BCUT2D eigenvalue weighted by molar-refractivity contribution is 7.92. The molecule has 0 heterocycles. The number of anilines is 2. The molecule has 0 aliphatic heterocycles. The van der Waals surface area contributed by atoms with Crippen molar-refractivity contribution in [2.75, 3.05) is 29.9 Å². The summed E-state index contributed by atoms with van der Waals surface area (Å²) in [6.07, 6.45) is 0. The minimum atomic E-state index is -3.73. The number of hydrogen-bond acceptors (Lipinski definition) is 6. The first kappa shape index (κ1) is 25.2. The number of carbonyl (C=O) groups excluding carboxylic acids is 1. The minimum absolute atomic E-state index is 0.0622. The Hall–Kier alpha value is -3.47. The molecule has 0 fully saturated rings. The van der Waals surface area contributed by atoms with Crippen LogP contribution in [-0.2, 0) is 14.8 Å². The van der Waals surface area contributed by atoms with Crippen molar-refractivity contribution in [1.82, 2.24) is 5.32 Å². The normalized spacial score (nSPS) is 10.9. The van der Waals surface area contributed by atoms with Gasteiger partial charge < -0.3 is 14.8 Å². The number of ether oxygens (including phenoxy) is 2. The summed E-state index contributed by atoms with van der Waals surface area (Å²) in [7, 11) is -3.73. The van der Waals surface area contributed by atoms with Crippen molar-refractivity contribution in [3.05, 3.63) is 84.4 Å². The average molecular weight is 500 g/mol. The summed E-state index contributed by atoms with van der Waals surface area (Å²) >= 11 is 5.24. The largest absolute Gasteiger partial charge is 0.490 e. The second-order valence-electron chi connectivity index (χ2n) is 6.95. The van der Waals surface area contributed by atoms with Crippen LogP contribution in [0.3, 0.4) is 0 Å². The van der Waals surface area contributed by atoms with Crippen LogP contribution in [0.2, 0.25) is 0 Å². The Bertz CT molecular complexity index is 1220. The van der Waals surface area contributed by atoms with Gasteiger partial charge in [-0.15, -0.1) is 0 Å². The molecule has 0 atom stereocenters. The third-order valence-corrected chi connectivity index (χ3v) is 6.10. The Morgan fingerprint density at radius 2 is 1.56 bits per heavy atom. The highest BCUT2D eigenvalue weighted by Gasteiger charge is 2.16. The zero-order valence-corrected chi connectivity index (χ0v) is 20.1. The number of benzene rings is 3. The zero-order valence-electron chi connectivity index (χ0n) is 18.5. The summed E-state index contributed by atoms with van der Waals surface area (Å²) in [5.41, 5.74) is 1.32. The fourth-order valence-electron chi connectivity index (χ4n) is 2.91. The molecule has 8 nitrogen and oxygen atoms in total. The smallest absolute Gasteiger partial charge is 0.261 e. The van der Waals surface area contributed by atoms with Gasteiger partial charge in [-0.3, -0.25) is 14.8 Å². The topological polar surface area (TPSA) is 106 Å². The highest BCUT2D eigenvalue weighted by Crippen LogP contribution is 2.19. The molecular formula is C24H25N3O5S2. The average Bonchev–Trinajstić information content (AvgIpc) is 2.83. The molecule has 3 rings (SSSR count). The van der Waals surface area contributed by atoms with E-state index >= 15 is 0 Å². The number of sulfonamides is 1. The van der Waals surface area contributed by atoms with Crippen LogP contribution >= 0.6 is 12.2 Å². The second-order valence-corrected chi connectivity index (χ2v) is 9.04. The lowest BCUT2D eigenvalue weighted by atomic mass is 10.2. The van der Waals surface area contributed by atoms with Crippen LogP contribution in [0, 0.1) is 0 Å². The van der Waals surface area contributed by atoms with Crippen molar-refractivity contribution in [1.29, 1.82) is 0 Å². The van der Waals surface area contributed by atoms with E-state index in [0.717, 1.165) is 0 Å². The summed E-state index contributed by atoms with van der Waals surface area (Å²) in [6, 6.07) is 21.4. The quantitative estimate of drug-likeness (QED) is 0.286. The number of thiocarbonyl (C=S) groups is 1. The van der Waals surface area contributed by atoms with E-state index in [1.807, 2.05) is 6.92 Å². The van der Waals surface area contributed by atoms with Gasteiger partial charge in [0.1, 0.15) is 12.4 Å². The first-order valence-corrected chi connectivity index (χ1v) is 12.4. The van der Waals surface area contributed by atoms with Crippen LogP contribution in [0.15, 0.2) is 83.8 Å². The van der Waals surface area contributed by atoms with E-state index in [1.54, 1.807) is 66.7 Å². The number of nitrogens with one attached hydrogen (secondary N) is 3. The lowest BCUT2D eigenvalue weighted by Gasteiger charge is -2.13. The van der Waals surface area contributed by atoms with Gasteiger partial charge in [0.25, 0.3) is 15.9 Å². The molecule has 0 aromatic heterocycles. The Labute approximate surface area is 204 Å². The standard InChI is InChI=1S/C24H25N3O5S2/c1-2-31-16-17-32-22-11-7-6-10-21(22)23(28)26-24(33)25-18-12-14-20(15-13-18)34(29,30)27-19-8-4-3-5-9-19/h3-15,27H,2,16-17H2,1H3,(H2,25,26,28,33). The first-order chi connectivity index (χ1) is 16.4. The fraction of sp³-hybridized carbons (Fsp3) is 0.167. The van der Waals surface area contributed by atoms with Crippen LogP contribution in [0.4, 0.5) is 11.4 Å². The molecule has 3 aromatic carbocycles. The van der Waals surface area contributed by atoms with Crippen molar-refractivity contribution in [3.8, 4) is 5.75 Å². The van der Waals surface area contributed by atoms with E-state index in [9.17, 15) is 13.2 Å². The van der Waals surface area contributed by atoms with Gasteiger partial charge in [-0.25, -0.2) is 8.42 Å². The van der Waals surface area contributed by atoms with Crippen molar-refractivity contribution in [2.24, 2.45) is 0 Å². The molecule has 1 amide bonds. The molecule has 10 heteroatoms. The van der Waals surface area contributed by atoms with Gasteiger partial charge in [-0.2, -0.15) is 0 Å². The summed E-state index contributed by atoms with van der Waals surface area (Å²) in [4.78, 5) is 12.8. The molecule has 3 N–H and O–H groups in total. The van der Waals surface area contributed by atoms with Crippen molar-refractivity contribution in [3.63, 3.8) is 0 Å². The zero-order chi connectivity index (χ0) is 24.4. The maximum absolute atomic E-state index is 12.7. The Morgan fingerprint density at radius 3 is 2.26 bits per heavy atom. The molecule has 178 valence electrons. The predicted octanol–water partition coefficient (Wildman–Crippen LogP) is 4.03. The van der Waals surface area contributed by atoms with Crippen LogP contribution in [0.5, 0.6) is 5.75 Å². The first-order valence-electron chi connectivity index (χ1n) is 10.5. The number of rotatable bonds is 10. The van der Waals surface area contributed by atoms with Crippen LogP contribution in [0.25, 0.3) is 0 Å². The van der Waals surface area contributed by atoms with Gasteiger partial charge >= 0.3 is 0 Å². The van der Waals surface area contributed by atoms with Gasteiger partial charge in [-0.05, 0) is 67.7 Å². The molecule has 0 unspecified atom stereocenters. The van der Waals surface area contributed by atoms with Crippen molar-refractivity contribution >= 4 is 44.6 Å². The van der Waals surface area contributed by atoms with Gasteiger partial charge in [-0.1, -0.05) is 30.3 Å². The molecule has 0 radical (unpaired) electrons. The number of para-hydroxylation sites is 2. The van der Waals surface area contributed by atoms with E-state index < -0.39 is 15.9 Å². The molecule has 0 saturated carbocycles. The third-order valence-electron chi connectivity index (χ3n) is 4.50. The lowest BCUT2D eigenvalue weighted by molar-refractivity contribution is 0.0958. The van der Waals surface area contributed by atoms with Gasteiger partial charge in [0.15, 0.2) is 5.11 Å². The highest BCUT2D eigenvalue weighted by atomic mass is 32.2. The number of carbonyl (C=O) groups is 1. The summed E-state index contributed by atoms with van der Waals surface area (Å²) in [5, 5.41) is 5.54. The van der Waals surface area contributed by atoms with Crippen LogP contribution < -0.4 is 20.1 Å². The van der Waals surface area contributed by atoms with Crippen LogP contribution in [-0.4, -0.2) is 39.3 Å². The molecule has 0 aliphatic carbocycles. The Balaban J connectivity index is 1.59. The maximum Gasteiger partial charge on any atom is 0.261 e. The van der Waals surface area contributed by atoms with Crippen molar-refractivity contribution in [2.45, 2.75) is 11.8 Å². The summed E-state index contributed by atoms with van der Waals surface area (Å²) in [6.45, 7) is 3.21. The molecule has 34 heavy (non-hydrogen) atoms. The van der Waals surface area contributed by atoms with E-state index in [0.29, 0.717) is 42.5 Å². The molecule has 0 saturated heterocycles. The van der Waals surface area contributed by atoms with E-state index in [4.69, 9.17) is 21.7 Å². The van der Waals surface area contributed by atoms with Crippen LogP contribution in [0.1, 0.15) is 17.3 Å². The Kier molecular flexibility index (Phi) is 8.97. The minimum Gasteiger partial charge on any atom is -0.490 e. The van der Waals surface area contributed by atoms with Gasteiger partial charge in [0.2, 0.25) is 0 Å². The number of hydrogen-bond donors (Lipinski definition) is 3. The molecular weight excluding hydrogens is 474 g/mol. The maximum atomic E-state index is 12.7. The molecule has 0 bridgehead atoms. The monoisotopic (exact) mass is 499 g/mol. The lowest BCUT2D eigenvalue weighted by Crippen LogP contribution is -2.34. The second kappa shape index (κ2) is 12.1. The fourth-order valence-corrected chi connectivity index (χ4v) is 4.17. The van der Waals surface area contributed by atoms with E-state index in [1.165, 1.54) is 12.1 Å². The molecule has 0 spiro atoms. The SMILES string of the molecule is CCOCCOc1ccccc1C(=O)NC(=S)Nc1ccc(S(=O)(=O)Nc2ccccc2)cc1. The predicted molar refractivity (Wildman–Crippen MR) is 136 cm³/mol. The Morgan fingerprint density at radius 1 is 0.882 bits per heavy atom. The van der Waals surface area contributed by atoms with Gasteiger partial charge in [0, 0.05) is 18.0 Å². The van der Waals surface area contributed by atoms with E-state index in [-0.39, 0.29) is 10.0 Å². The molecule has 3 aromatic rings. The van der Waals surface area contributed by atoms with Crippen molar-refractivity contribution < 1.29 is 22.7 Å². The summed E-state index contributed by atoms with van der Waals surface area (Å²) in [5.74, 6) is -0.0150. The van der Waals surface area contributed by atoms with Gasteiger partial charge in [0.05, 0.1) is 17.1 Å².